The van der Waals surface area contributed by atoms with Crippen LogP contribution in [-0.4, -0.2) is 68.9 Å². The lowest BCUT2D eigenvalue weighted by Crippen LogP contribution is -2.44. The summed E-state index contributed by atoms with van der Waals surface area (Å²) in [5.41, 5.74) is 0. The van der Waals surface area contributed by atoms with Crippen LogP contribution in [-0.2, 0) is 0 Å². The summed E-state index contributed by atoms with van der Waals surface area (Å²) in [6, 6.07) is 0.957. The number of nitrogens with one attached hydrogen (secondary N) is 1. The fraction of sp³-hybridized carbons (Fsp3) is 0.818. The molecule has 0 aromatic rings. The van der Waals surface area contributed by atoms with E-state index in [1.54, 1.807) is 7.05 Å². The van der Waals surface area contributed by atoms with Gasteiger partial charge < -0.3 is 15.1 Å². The van der Waals surface area contributed by atoms with E-state index in [1.165, 1.54) is 0 Å². The standard InChI is InChI=1S/C11H23N5/c1-7-8-9(14-8)10(12-2)16(6)11(13-3)15(4)5/h8-9,14H,7H2,1-6H3. The molecule has 2 atom stereocenters. The minimum Gasteiger partial charge on any atom is -0.349 e. The van der Waals surface area contributed by atoms with Gasteiger partial charge in [-0.15, -0.1) is 0 Å². The van der Waals surface area contributed by atoms with Crippen molar-refractivity contribution in [3.63, 3.8) is 0 Å². The first kappa shape index (κ1) is 13.0. The quantitative estimate of drug-likeness (QED) is 0.416. The predicted octanol–water partition coefficient (Wildman–Crippen LogP) is 0.244. The summed E-state index contributed by atoms with van der Waals surface area (Å²) in [6.07, 6.45) is 1.14. The van der Waals surface area contributed by atoms with Gasteiger partial charge in [-0.2, -0.15) is 0 Å². The molecule has 1 heterocycles. The van der Waals surface area contributed by atoms with Crippen LogP contribution in [0, 0.1) is 0 Å². The third-order valence-electron chi connectivity index (χ3n) is 2.88. The molecule has 0 spiro atoms. The molecule has 0 aromatic carbocycles. The van der Waals surface area contributed by atoms with Crippen molar-refractivity contribution >= 4 is 11.8 Å². The van der Waals surface area contributed by atoms with E-state index in [2.05, 4.69) is 22.2 Å². The van der Waals surface area contributed by atoms with Crippen molar-refractivity contribution in [1.82, 2.24) is 15.1 Å². The predicted molar refractivity (Wildman–Crippen MR) is 69.2 cm³/mol. The van der Waals surface area contributed by atoms with Gasteiger partial charge in [-0.1, -0.05) is 6.92 Å². The van der Waals surface area contributed by atoms with Gasteiger partial charge in [0.05, 0.1) is 6.04 Å². The molecule has 1 aliphatic rings. The summed E-state index contributed by atoms with van der Waals surface area (Å²) in [5.74, 6) is 1.98. The number of nitrogens with zero attached hydrogens (tertiary/aromatic N) is 4. The molecule has 0 amide bonds. The number of hydrogen-bond acceptors (Lipinski definition) is 3. The molecule has 0 saturated carbocycles. The maximum absolute atomic E-state index is 4.37. The molecule has 1 N–H and O–H groups in total. The Bertz CT molecular complexity index is 295. The van der Waals surface area contributed by atoms with Gasteiger partial charge in [-0.3, -0.25) is 9.98 Å². The maximum atomic E-state index is 4.37. The highest BCUT2D eigenvalue weighted by Crippen LogP contribution is 2.18. The third kappa shape index (κ3) is 2.52. The van der Waals surface area contributed by atoms with E-state index in [-0.39, 0.29) is 0 Å². The maximum Gasteiger partial charge on any atom is 0.201 e. The minimum absolute atomic E-state index is 0.386. The largest absolute Gasteiger partial charge is 0.349 e. The van der Waals surface area contributed by atoms with Crippen LogP contribution in [0.25, 0.3) is 0 Å². The Labute approximate surface area is 98.2 Å². The van der Waals surface area contributed by atoms with E-state index in [1.807, 2.05) is 38.0 Å². The monoisotopic (exact) mass is 225 g/mol. The fourth-order valence-electron chi connectivity index (χ4n) is 2.03. The van der Waals surface area contributed by atoms with Gasteiger partial charge in [-0.25, -0.2) is 0 Å². The van der Waals surface area contributed by atoms with E-state index >= 15 is 0 Å². The Morgan fingerprint density at radius 3 is 2.12 bits per heavy atom. The van der Waals surface area contributed by atoms with Crippen molar-refractivity contribution in [2.45, 2.75) is 25.4 Å². The van der Waals surface area contributed by atoms with Gasteiger partial charge >= 0.3 is 0 Å². The Balaban J connectivity index is 2.75. The molecule has 92 valence electrons. The summed E-state index contributed by atoms with van der Waals surface area (Å²) < 4.78 is 0. The molecular formula is C11H23N5. The van der Waals surface area contributed by atoms with Crippen LogP contribution in [0.15, 0.2) is 9.98 Å². The highest BCUT2D eigenvalue weighted by molar-refractivity contribution is 6.03. The third-order valence-corrected chi connectivity index (χ3v) is 2.88. The number of amidine groups is 1. The Morgan fingerprint density at radius 1 is 1.19 bits per heavy atom. The van der Waals surface area contributed by atoms with Gasteiger partial charge in [0.15, 0.2) is 0 Å². The van der Waals surface area contributed by atoms with Gasteiger partial charge in [-0.05, 0) is 6.42 Å². The molecule has 16 heavy (non-hydrogen) atoms. The lowest BCUT2D eigenvalue weighted by Gasteiger charge is -2.27. The molecule has 1 rings (SSSR count). The SMILES string of the molecule is CCC1NC1C(=NC)N(C)C(=NC)N(C)C. The van der Waals surface area contributed by atoms with E-state index in [0.29, 0.717) is 12.1 Å². The number of likely N-dealkylation sites (N-methyl/N-ethyl adjacent to an activating group) is 1. The number of aliphatic imine (C=N–C) groups is 2. The van der Waals surface area contributed by atoms with Gasteiger partial charge in [0.25, 0.3) is 0 Å². The molecule has 0 aromatic heterocycles. The first-order chi connectivity index (χ1) is 7.56. The van der Waals surface area contributed by atoms with Crippen LogP contribution in [0.5, 0.6) is 0 Å². The molecular weight excluding hydrogens is 202 g/mol. The molecule has 1 saturated heterocycles. The highest BCUT2D eigenvalue weighted by atomic mass is 15.4. The van der Waals surface area contributed by atoms with E-state index < -0.39 is 0 Å². The summed E-state index contributed by atoms with van der Waals surface area (Å²) in [4.78, 5) is 12.7. The average Bonchev–Trinajstić information content (AvgIpc) is 2.99. The highest BCUT2D eigenvalue weighted by Gasteiger charge is 2.40. The zero-order valence-electron chi connectivity index (χ0n) is 11.2. The van der Waals surface area contributed by atoms with Gasteiger partial charge in [0.2, 0.25) is 5.96 Å². The number of hydrogen-bond donors (Lipinski definition) is 1. The van der Waals surface area contributed by atoms with Crippen LogP contribution in [0.4, 0.5) is 0 Å². The lowest BCUT2D eigenvalue weighted by molar-refractivity contribution is 0.526. The molecule has 1 aliphatic heterocycles. The molecule has 2 unspecified atom stereocenters. The topological polar surface area (TPSA) is 53.1 Å². The smallest absolute Gasteiger partial charge is 0.201 e. The summed E-state index contributed by atoms with van der Waals surface area (Å²) in [5, 5.41) is 3.42. The van der Waals surface area contributed by atoms with Gasteiger partial charge in [0.1, 0.15) is 5.84 Å². The first-order valence-corrected chi connectivity index (χ1v) is 5.67. The Kier molecular flexibility index (Phi) is 4.29. The molecule has 1 fully saturated rings. The van der Waals surface area contributed by atoms with Crippen molar-refractivity contribution in [3.8, 4) is 0 Å². The normalized spacial score (nSPS) is 25.6. The molecule has 0 aliphatic carbocycles. The van der Waals surface area contributed by atoms with Crippen molar-refractivity contribution < 1.29 is 0 Å². The molecule has 0 radical (unpaired) electrons. The fourth-order valence-corrected chi connectivity index (χ4v) is 2.03. The Morgan fingerprint density at radius 2 is 1.81 bits per heavy atom. The van der Waals surface area contributed by atoms with Crippen LogP contribution in [0.3, 0.4) is 0 Å². The summed E-state index contributed by atoms with van der Waals surface area (Å²) >= 11 is 0. The van der Waals surface area contributed by atoms with Gasteiger partial charge in [0, 0.05) is 41.3 Å². The van der Waals surface area contributed by atoms with Crippen molar-refractivity contribution in [3.05, 3.63) is 0 Å². The van der Waals surface area contributed by atoms with Crippen LogP contribution >= 0.6 is 0 Å². The number of guanidine groups is 1. The van der Waals surface area contributed by atoms with Crippen molar-refractivity contribution in [1.29, 1.82) is 0 Å². The second kappa shape index (κ2) is 5.30. The van der Waals surface area contributed by atoms with Crippen LogP contribution < -0.4 is 5.32 Å². The zero-order valence-corrected chi connectivity index (χ0v) is 11.2. The summed E-state index contributed by atoms with van der Waals surface area (Å²) in [7, 11) is 9.63. The minimum atomic E-state index is 0.386. The van der Waals surface area contributed by atoms with E-state index in [4.69, 9.17) is 0 Å². The lowest BCUT2D eigenvalue weighted by atomic mass is 10.2. The second-order valence-electron chi connectivity index (χ2n) is 4.22. The van der Waals surface area contributed by atoms with Crippen LogP contribution in [0.1, 0.15) is 13.3 Å². The molecule has 0 bridgehead atoms. The second-order valence-corrected chi connectivity index (χ2v) is 4.22. The Hall–Kier alpha value is -1.10. The molecule has 5 nitrogen and oxygen atoms in total. The first-order valence-electron chi connectivity index (χ1n) is 5.67. The van der Waals surface area contributed by atoms with E-state index in [0.717, 1.165) is 18.2 Å². The average molecular weight is 225 g/mol. The van der Waals surface area contributed by atoms with Crippen LogP contribution in [0.2, 0.25) is 0 Å². The summed E-state index contributed by atoms with van der Waals surface area (Å²) in [6.45, 7) is 2.19. The van der Waals surface area contributed by atoms with Crippen molar-refractivity contribution in [2.24, 2.45) is 9.98 Å². The zero-order chi connectivity index (χ0) is 12.3. The van der Waals surface area contributed by atoms with E-state index in [9.17, 15) is 0 Å². The van der Waals surface area contributed by atoms with Crippen molar-refractivity contribution in [2.75, 3.05) is 35.2 Å². The molecule has 5 heteroatoms. The number of rotatable bonds is 2.